The number of alkyl carbamates (subject to hydrolysis) is 1. The Bertz CT molecular complexity index is 833. The molecular weight excluding hydrogens is 410 g/mol. The van der Waals surface area contributed by atoms with Crippen molar-refractivity contribution >= 4 is 22.0 Å². The Morgan fingerprint density at radius 3 is 2.37 bits per heavy atom. The lowest BCUT2D eigenvalue weighted by Gasteiger charge is -2.31. The van der Waals surface area contributed by atoms with Gasteiger partial charge in [-0.1, -0.05) is 0 Å². The van der Waals surface area contributed by atoms with Crippen molar-refractivity contribution in [3.05, 3.63) is 24.3 Å². The average molecular weight is 442 g/mol. The Hall–Kier alpha value is -2.33. The summed E-state index contributed by atoms with van der Waals surface area (Å²) < 4.78 is 37.3. The third kappa shape index (κ3) is 6.88. The Balaban J connectivity index is 1.86. The number of rotatable bonds is 7. The molecule has 1 aromatic carbocycles. The number of hydrogen-bond acceptors (Lipinski definition) is 6. The molecule has 0 spiro atoms. The predicted molar refractivity (Wildman–Crippen MR) is 112 cm³/mol. The number of piperidine rings is 1. The van der Waals surface area contributed by atoms with Crippen LogP contribution in [0, 0.1) is 5.92 Å². The molecule has 1 aliphatic rings. The molecule has 9 nitrogen and oxygen atoms in total. The lowest BCUT2D eigenvalue weighted by molar-refractivity contribution is -0.126. The molecule has 1 aliphatic heterocycles. The minimum Gasteiger partial charge on any atom is -0.497 e. The van der Waals surface area contributed by atoms with Gasteiger partial charge in [0.2, 0.25) is 15.9 Å². The van der Waals surface area contributed by atoms with Crippen molar-refractivity contribution in [2.45, 2.75) is 44.1 Å². The number of ether oxygens (including phenoxy) is 2. The van der Waals surface area contributed by atoms with E-state index in [1.807, 2.05) is 0 Å². The fourth-order valence-electron chi connectivity index (χ4n) is 3.08. The molecule has 0 bridgehead atoms. The predicted octanol–water partition coefficient (Wildman–Crippen LogP) is 1.74. The van der Waals surface area contributed by atoms with Crippen LogP contribution in [0.25, 0.3) is 0 Å². The van der Waals surface area contributed by atoms with Crippen molar-refractivity contribution in [2.24, 2.45) is 5.92 Å². The van der Waals surface area contributed by atoms with Gasteiger partial charge in [-0.25, -0.2) is 13.2 Å². The molecule has 1 fully saturated rings. The second-order valence-corrected chi connectivity index (χ2v) is 10.0. The van der Waals surface area contributed by atoms with Crippen molar-refractivity contribution in [3.8, 4) is 5.75 Å². The molecule has 2 N–H and O–H groups in total. The molecule has 1 unspecified atom stereocenters. The van der Waals surface area contributed by atoms with E-state index in [2.05, 4.69) is 10.6 Å². The van der Waals surface area contributed by atoms with Crippen LogP contribution in [0.15, 0.2) is 29.2 Å². The van der Waals surface area contributed by atoms with Gasteiger partial charge in [0.05, 0.1) is 17.9 Å². The van der Waals surface area contributed by atoms with Crippen molar-refractivity contribution < 1.29 is 27.5 Å². The first-order chi connectivity index (χ1) is 14.0. The Morgan fingerprint density at radius 1 is 1.13 bits per heavy atom. The van der Waals surface area contributed by atoms with Gasteiger partial charge >= 0.3 is 6.09 Å². The van der Waals surface area contributed by atoms with Crippen LogP contribution < -0.4 is 15.4 Å². The Kier molecular flexibility index (Phi) is 8.08. The molecule has 168 valence electrons. The smallest absolute Gasteiger partial charge is 0.407 e. The van der Waals surface area contributed by atoms with Crippen LogP contribution in [0.2, 0.25) is 0 Å². The van der Waals surface area contributed by atoms with Gasteiger partial charge in [-0.2, -0.15) is 4.31 Å². The molecule has 30 heavy (non-hydrogen) atoms. The summed E-state index contributed by atoms with van der Waals surface area (Å²) in [5, 5.41) is 5.32. The van der Waals surface area contributed by atoms with Crippen LogP contribution in [0.5, 0.6) is 5.75 Å². The maximum atomic E-state index is 12.9. The molecule has 2 rings (SSSR count). The summed E-state index contributed by atoms with van der Waals surface area (Å²) in [4.78, 5) is 24.2. The van der Waals surface area contributed by atoms with Gasteiger partial charge in [0.25, 0.3) is 0 Å². The first-order valence-electron chi connectivity index (χ1n) is 9.92. The highest BCUT2D eigenvalue weighted by Crippen LogP contribution is 2.25. The SMILES string of the molecule is COc1ccc(S(=O)(=O)N2CCCC(C(=O)NCCNC(=O)OC(C)(C)C)C2)cc1. The zero-order valence-corrected chi connectivity index (χ0v) is 18.8. The van der Waals surface area contributed by atoms with Gasteiger partial charge in [0.15, 0.2) is 0 Å². The van der Waals surface area contributed by atoms with E-state index in [1.165, 1.54) is 23.5 Å². The van der Waals surface area contributed by atoms with Gasteiger partial charge in [-0.15, -0.1) is 0 Å². The highest BCUT2D eigenvalue weighted by Gasteiger charge is 2.33. The third-order valence-electron chi connectivity index (χ3n) is 4.54. The van der Waals surface area contributed by atoms with Crippen LogP contribution in [0.3, 0.4) is 0 Å². The van der Waals surface area contributed by atoms with Gasteiger partial charge in [0.1, 0.15) is 11.4 Å². The first kappa shape index (κ1) is 23.9. The van der Waals surface area contributed by atoms with Gasteiger partial charge < -0.3 is 20.1 Å². The van der Waals surface area contributed by atoms with Crippen molar-refractivity contribution in [1.29, 1.82) is 0 Å². The summed E-state index contributed by atoms with van der Waals surface area (Å²) in [6.45, 7) is 6.26. The van der Waals surface area contributed by atoms with E-state index in [0.29, 0.717) is 25.1 Å². The molecular formula is C20H31N3O6S. The minimum absolute atomic E-state index is 0.125. The largest absolute Gasteiger partial charge is 0.497 e. The lowest BCUT2D eigenvalue weighted by atomic mass is 9.99. The van der Waals surface area contributed by atoms with E-state index in [9.17, 15) is 18.0 Å². The van der Waals surface area contributed by atoms with Crippen molar-refractivity contribution in [3.63, 3.8) is 0 Å². The van der Waals surface area contributed by atoms with Gasteiger partial charge in [-0.05, 0) is 57.9 Å². The number of amides is 2. The molecule has 1 atom stereocenters. The van der Waals surface area contributed by atoms with Gasteiger partial charge in [0, 0.05) is 26.2 Å². The van der Waals surface area contributed by atoms with E-state index in [1.54, 1.807) is 32.9 Å². The normalized spacial score (nSPS) is 17.8. The van der Waals surface area contributed by atoms with E-state index >= 15 is 0 Å². The maximum absolute atomic E-state index is 12.9. The van der Waals surface area contributed by atoms with Crippen LogP contribution in [0.1, 0.15) is 33.6 Å². The second-order valence-electron chi connectivity index (χ2n) is 8.10. The molecule has 2 amide bonds. The first-order valence-corrected chi connectivity index (χ1v) is 11.4. The third-order valence-corrected chi connectivity index (χ3v) is 6.42. The number of carbonyl (C=O) groups is 2. The molecule has 1 saturated heterocycles. The van der Waals surface area contributed by atoms with Crippen LogP contribution >= 0.6 is 0 Å². The number of nitrogens with one attached hydrogen (secondary N) is 2. The quantitative estimate of drug-likeness (QED) is 0.623. The second kappa shape index (κ2) is 10.1. The topological polar surface area (TPSA) is 114 Å². The number of benzene rings is 1. The summed E-state index contributed by atoms with van der Waals surface area (Å²) >= 11 is 0. The molecule has 0 aliphatic carbocycles. The molecule has 1 aromatic rings. The Labute approximate surface area is 178 Å². The van der Waals surface area contributed by atoms with Crippen LogP contribution in [-0.2, 0) is 19.6 Å². The number of sulfonamides is 1. The maximum Gasteiger partial charge on any atom is 0.407 e. The Morgan fingerprint density at radius 2 is 1.77 bits per heavy atom. The highest BCUT2D eigenvalue weighted by atomic mass is 32.2. The molecule has 0 aromatic heterocycles. The standard InChI is InChI=1S/C20H31N3O6S/c1-20(2,3)29-19(25)22-12-11-21-18(24)15-6-5-13-23(14-15)30(26,27)17-9-7-16(28-4)8-10-17/h7-10,15H,5-6,11-14H2,1-4H3,(H,21,24)(H,22,25). The van der Waals surface area contributed by atoms with Crippen LogP contribution in [-0.4, -0.2) is 63.6 Å². The number of nitrogens with zero attached hydrogens (tertiary/aromatic N) is 1. The summed E-state index contributed by atoms with van der Waals surface area (Å²) in [5.74, 6) is -0.0891. The fraction of sp³-hybridized carbons (Fsp3) is 0.600. The monoisotopic (exact) mass is 441 g/mol. The summed E-state index contributed by atoms with van der Waals surface area (Å²) in [7, 11) is -2.17. The van der Waals surface area contributed by atoms with E-state index in [4.69, 9.17) is 9.47 Å². The zero-order chi connectivity index (χ0) is 22.4. The summed E-state index contributed by atoms with van der Waals surface area (Å²) in [6, 6.07) is 6.19. The highest BCUT2D eigenvalue weighted by molar-refractivity contribution is 7.89. The molecule has 1 heterocycles. The number of methoxy groups -OCH3 is 1. The average Bonchev–Trinajstić information content (AvgIpc) is 2.70. The van der Waals surface area contributed by atoms with Crippen molar-refractivity contribution in [1.82, 2.24) is 14.9 Å². The van der Waals surface area contributed by atoms with E-state index in [0.717, 1.165) is 0 Å². The number of carbonyl (C=O) groups excluding carboxylic acids is 2. The van der Waals surface area contributed by atoms with Crippen LogP contribution in [0.4, 0.5) is 4.79 Å². The number of hydrogen-bond donors (Lipinski definition) is 2. The zero-order valence-electron chi connectivity index (χ0n) is 17.9. The van der Waals surface area contributed by atoms with Gasteiger partial charge in [-0.3, -0.25) is 4.79 Å². The van der Waals surface area contributed by atoms with E-state index < -0.39 is 27.6 Å². The summed E-state index contributed by atoms with van der Waals surface area (Å²) in [5.41, 5.74) is -0.589. The molecule has 0 saturated carbocycles. The molecule has 0 radical (unpaired) electrons. The lowest BCUT2D eigenvalue weighted by Crippen LogP contribution is -2.46. The van der Waals surface area contributed by atoms with E-state index in [-0.39, 0.29) is 30.4 Å². The fourth-order valence-corrected chi connectivity index (χ4v) is 4.60. The minimum atomic E-state index is -3.68. The summed E-state index contributed by atoms with van der Waals surface area (Å²) in [6.07, 6.45) is 0.662. The van der Waals surface area contributed by atoms with Crippen molar-refractivity contribution in [2.75, 3.05) is 33.3 Å². The molecule has 10 heteroatoms.